The molecular weight excluding hydrogens is 294 g/mol. The van der Waals surface area contributed by atoms with Crippen molar-refractivity contribution in [3.63, 3.8) is 0 Å². The maximum Gasteiger partial charge on any atom is 0.132 e. The van der Waals surface area contributed by atoms with E-state index in [4.69, 9.17) is 4.74 Å². The van der Waals surface area contributed by atoms with Crippen LogP contribution in [-0.2, 0) is 0 Å². The highest BCUT2D eigenvalue weighted by atomic mass is 32.2. The van der Waals surface area contributed by atoms with Gasteiger partial charge in [0.25, 0.3) is 0 Å². The highest BCUT2D eigenvalue weighted by Gasteiger charge is 2.21. The summed E-state index contributed by atoms with van der Waals surface area (Å²) >= 11 is 1.77. The number of methoxy groups -OCH3 is 1. The predicted octanol–water partition coefficient (Wildman–Crippen LogP) is 4.64. The lowest BCUT2D eigenvalue weighted by Crippen LogP contribution is -2.21. The summed E-state index contributed by atoms with van der Waals surface area (Å²) in [5, 5.41) is 13.7. The number of ether oxygens (including phenoxy) is 1. The number of likely N-dealkylation sites (N-methyl/N-ethyl adjacent to an activating group) is 1. The summed E-state index contributed by atoms with van der Waals surface area (Å²) < 4.78 is 5.55. The second kappa shape index (κ2) is 10.0. The van der Waals surface area contributed by atoms with Crippen LogP contribution in [0.25, 0.3) is 0 Å². The third-order valence-corrected chi connectivity index (χ3v) is 5.07. The standard InChI is InChI=1S/C18H31NO2S/c1-6-7-8-9-22-18-11-16(20)14(10-17(18)21-5)15(12-19-4)13(2)3/h10-11,13,15,19-20H,6-9,12H2,1-5H3/t15-/m0/s1. The molecule has 0 aliphatic carbocycles. The zero-order valence-corrected chi connectivity index (χ0v) is 15.4. The Kier molecular flexibility index (Phi) is 8.72. The Balaban J connectivity index is 2.97. The molecule has 3 nitrogen and oxygen atoms in total. The molecular formula is C18H31NO2S. The highest BCUT2D eigenvalue weighted by molar-refractivity contribution is 7.99. The maximum atomic E-state index is 10.5. The van der Waals surface area contributed by atoms with Crippen LogP contribution in [0.1, 0.15) is 51.5 Å². The van der Waals surface area contributed by atoms with Crippen molar-refractivity contribution in [3.05, 3.63) is 17.7 Å². The molecule has 0 saturated heterocycles. The molecule has 0 aliphatic rings. The minimum Gasteiger partial charge on any atom is -0.508 e. The van der Waals surface area contributed by atoms with Crippen molar-refractivity contribution in [1.29, 1.82) is 0 Å². The molecule has 0 unspecified atom stereocenters. The van der Waals surface area contributed by atoms with E-state index in [1.165, 1.54) is 19.3 Å². The van der Waals surface area contributed by atoms with Gasteiger partial charge in [0.05, 0.1) is 12.0 Å². The van der Waals surface area contributed by atoms with E-state index in [0.29, 0.717) is 11.7 Å². The Labute approximate surface area is 139 Å². The Morgan fingerprint density at radius 1 is 1.27 bits per heavy atom. The number of thioether (sulfide) groups is 1. The average Bonchev–Trinajstić information content (AvgIpc) is 2.49. The maximum absolute atomic E-state index is 10.5. The summed E-state index contributed by atoms with van der Waals surface area (Å²) in [6.07, 6.45) is 3.67. The quantitative estimate of drug-likeness (QED) is 0.485. The van der Waals surface area contributed by atoms with Crippen molar-refractivity contribution < 1.29 is 9.84 Å². The minimum atomic E-state index is 0.276. The van der Waals surface area contributed by atoms with Crippen molar-refractivity contribution in [2.24, 2.45) is 5.92 Å². The lowest BCUT2D eigenvalue weighted by molar-refractivity contribution is 0.392. The van der Waals surface area contributed by atoms with Crippen LogP contribution in [0, 0.1) is 5.92 Å². The first-order chi connectivity index (χ1) is 10.5. The van der Waals surface area contributed by atoms with Crippen LogP contribution in [0.3, 0.4) is 0 Å². The topological polar surface area (TPSA) is 41.5 Å². The molecule has 0 bridgehead atoms. The van der Waals surface area contributed by atoms with Crippen LogP contribution in [-0.4, -0.2) is 31.6 Å². The van der Waals surface area contributed by atoms with Crippen molar-refractivity contribution >= 4 is 11.8 Å². The van der Waals surface area contributed by atoms with Gasteiger partial charge in [-0.2, -0.15) is 0 Å². The molecule has 1 aromatic rings. The molecule has 22 heavy (non-hydrogen) atoms. The number of phenols is 1. The Morgan fingerprint density at radius 3 is 2.55 bits per heavy atom. The van der Waals surface area contributed by atoms with Crippen molar-refractivity contribution in [2.45, 2.75) is 50.8 Å². The van der Waals surface area contributed by atoms with Gasteiger partial charge in [0.2, 0.25) is 0 Å². The van der Waals surface area contributed by atoms with Crippen LogP contribution in [0.2, 0.25) is 0 Å². The van der Waals surface area contributed by atoms with E-state index in [-0.39, 0.29) is 5.92 Å². The number of hydrogen-bond donors (Lipinski definition) is 2. The summed E-state index contributed by atoms with van der Waals surface area (Å²) in [4.78, 5) is 1.03. The molecule has 0 radical (unpaired) electrons. The van der Waals surface area contributed by atoms with Gasteiger partial charge in [-0.15, -0.1) is 11.8 Å². The first-order valence-corrected chi connectivity index (χ1v) is 9.21. The molecule has 1 rings (SSSR count). The van der Waals surface area contributed by atoms with Gasteiger partial charge in [-0.25, -0.2) is 0 Å². The van der Waals surface area contributed by atoms with Gasteiger partial charge in [0.15, 0.2) is 0 Å². The van der Waals surface area contributed by atoms with Gasteiger partial charge in [0, 0.05) is 18.0 Å². The van der Waals surface area contributed by atoms with Gasteiger partial charge < -0.3 is 15.2 Å². The van der Waals surface area contributed by atoms with Crippen LogP contribution in [0.4, 0.5) is 0 Å². The third-order valence-electron chi connectivity index (χ3n) is 3.95. The zero-order chi connectivity index (χ0) is 16.5. The largest absolute Gasteiger partial charge is 0.508 e. The van der Waals surface area contributed by atoms with Gasteiger partial charge in [-0.05, 0) is 37.3 Å². The van der Waals surface area contributed by atoms with E-state index >= 15 is 0 Å². The minimum absolute atomic E-state index is 0.276. The summed E-state index contributed by atoms with van der Waals surface area (Å²) in [6, 6.07) is 3.88. The average molecular weight is 326 g/mol. The molecule has 0 aliphatic heterocycles. The Morgan fingerprint density at radius 2 is 2.00 bits per heavy atom. The summed E-state index contributed by atoms with van der Waals surface area (Å²) in [6.45, 7) is 7.42. The lowest BCUT2D eigenvalue weighted by Gasteiger charge is -2.23. The molecule has 0 aromatic heterocycles. The van der Waals surface area contributed by atoms with E-state index in [1.54, 1.807) is 18.9 Å². The van der Waals surface area contributed by atoms with Crippen molar-refractivity contribution in [3.8, 4) is 11.5 Å². The van der Waals surface area contributed by atoms with Crippen LogP contribution in [0.5, 0.6) is 11.5 Å². The Hall–Kier alpha value is -0.870. The fraction of sp³-hybridized carbons (Fsp3) is 0.667. The summed E-state index contributed by atoms with van der Waals surface area (Å²) in [5.41, 5.74) is 0.971. The van der Waals surface area contributed by atoms with E-state index in [2.05, 4.69) is 26.1 Å². The Bertz CT molecular complexity index is 449. The molecule has 1 aromatic carbocycles. The van der Waals surface area contributed by atoms with Gasteiger partial charge in [0.1, 0.15) is 11.5 Å². The molecule has 126 valence electrons. The molecule has 0 amide bonds. The summed E-state index contributed by atoms with van der Waals surface area (Å²) in [7, 11) is 3.65. The third kappa shape index (κ3) is 5.40. The predicted molar refractivity (Wildman–Crippen MR) is 96.4 cm³/mol. The number of benzene rings is 1. The van der Waals surface area contributed by atoms with Crippen molar-refractivity contribution in [2.75, 3.05) is 26.5 Å². The van der Waals surface area contributed by atoms with E-state index in [0.717, 1.165) is 28.5 Å². The fourth-order valence-electron chi connectivity index (χ4n) is 2.59. The number of unbranched alkanes of at least 4 members (excludes halogenated alkanes) is 2. The highest BCUT2D eigenvalue weighted by Crippen LogP contribution is 2.40. The zero-order valence-electron chi connectivity index (χ0n) is 14.6. The fourth-order valence-corrected chi connectivity index (χ4v) is 3.64. The second-order valence-electron chi connectivity index (χ2n) is 6.03. The monoisotopic (exact) mass is 325 g/mol. The normalized spacial score (nSPS) is 12.6. The van der Waals surface area contributed by atoms with Crippen LogP contribution >= 0.6 is 11.8 Å². The van der Waals surface area contributed by atoms with E-state index in [9.17, 15) is 5.11 Å². The number of phenolic OH excluding ortho intramolecular Hbond substituents is 1. The number of nitrogens with one attached hydrogen (secondary N) is 1. The lowest BCUT2D eigenvalue weighted by atomic mass is 9.87. The number of rotatable bonds is 10. The van der Waals surface area contributed by atoms with E-state index in [1.807, 2.05) is 19.2 Å². The molecule has 0 heterocycles. The molecule has 0 spiro atoms. The van der Waals surface area contributed by atoms with Gasteiger partial charge >= 0.3 is 0 Å². The number of aromatic hydroxyl groups is 1. The molecule has 2 N–H and O–H groups in total. The molecule has 0 saturated carbocycles. The number of hydrogen-bond acceptors (Lipinski definition) is 4. The first-order valence-electron chi connectivity index (χ1n) is 8.23. The first kappa shape index (κ1) is 19.2. The summed E-state index contributed by atoms with van der Waals surface area (Å²) in [5.74, 6) is 3.04. The molecule has 4 heteroatoms. The van der Waals surface area contributed by atoms with Crippen LogP contribution in [0.15, 0.2) is 17.0 Å². The van der Waals surface area contributed by atoms with Gasteiger partial charge in [-0.1, -0.05) is 33.6 Å². The van der Waals surface area contributed by atoms with E-state index < -0.39 is 0 Å². The van der Waals surface area contributed by atoms with Crippen molar-refractivity contribution in [1.82, 2.24) is 5.32 Å². The van der Waals surface area contributed by atoms with Gasteiger partial charge in [-0.3, -0.25) is 0 Å². The SMILES string of the molecule is CCCCCSc1cc(O)c([C@@H](CNC)C(C)C)cc1OC. The molecule has 1 atom stereocenters. The second-order valence-corrected chi connectivity index (χ2v) is 7.16. The molecule has 0 fully saturated rings. The smallest absolute Gasteiger partial charge is 0.132 e. The van der Waals surface area contributed by atoms with Crippen LogP contribution < -0.4 is 10.1 Å².